The van der Waals surface area contributed by atoms with Crippen LogP contribution >= 0.6 is 22.1 Å². The van der Waals surface area contributed by atoms with E-state index in [0.717, 1.165) is 0 Å². The molecule has 0 saturated heterocycles. The average molecular weight is 197 g/mol. The van der Waals surface area contributed by atoms with Crippen molar-refractivity contribution < 1.29 is 0 Å². The van der Waals surface area contributed by atoms with Crippen LogP contribution < -0.4 is 0 Å². The van der Waals surface area contributed by atoms with Crippen LogP contribution in [0.3, 0.4) is 0 Å². The predicted molar refractivity (Wildman–Crippen MR) is 51.5 cm³/mol. The number of halogens is 1. The van der Waals surface area contributed by atoms with Crippen LogP contribution in [0.4, 0.5) is 0 Å². The van der Waals surface area contributed by atoms with Crippen molar-refractivity contribution in [3.63, 3.8) is 0 Å². The molecule has 3 heteroatoms. The molecule has 0 nitrogen and oxygen atoms in total. The Bertz CT molecular complexity index is 57.9. The fourth-order valence-corrected chi connectivity index (χ4v) is 0. The molecule has 0 bridgehead atoms. The van der Waals surface area contributed by atoms with E-state index < -0.39 is 0 Å². The highest BCUT2D eigenvalue weighted by Gasteiger charge is 2.15. The summed E-state index contributed by atoms with van der Waals surface area (Å²) in [5, 5.41) is 0.481. The molecule has 0 spiro atoms. The summed E-state index contributed by atoms with van der Waals surface area (Å²) in [4.78, 5) is 0. The molecule has 0 radical (unpaired) electrons. The van der Waals surface area contributed by atoms with Crippen LogP contribution in [0.15, 0.2) is 0 Å². The van der Waals surface area contributed by atoms with E-state index in [-0.39, 0.29) is 15.0 Å². The summed E-state index contributed by atoms with van der Waals surface area (Å²) in [5.74, 6) is 0. The van der Waals surface area contributed by atoms with Crippen molar-refractivity contribution in [3.05, 3.63) is 0 Å². The lowest BCUT2D eigenvalue weighted by atomic mass is 10.3. The van der Waals surface area contributed by atoms with E-state index in [9.17, 15) is 0 Å². The molecule has 0 aromatic heterocycles. The summed E-state index contributed by atoms with van der Waals surface area (Å²) in [6.45, 7) is 9.03. The Morgan fingerprint density at radius 1 is 1.25 bits per heavy atom. The second-order valence-corrected chi connectivity index (χ2v) is 8.14. The minimum absolute atomic E-state index is 0. The molecule has 0 aromatic carbocycles. The number of rotatable bonds is 0. The standard InChI is InChI=1S/C5H12BrP.BH3/c1-5(2,3)7(4)6;/h1-4H3;1H3. The third kappa shape index (κ3) is 5.12. The van der Waals surface area contributed by atoms with Crippen molar-refractivity contribution in [1.82, 2.24) is 0 Å². The van der Waals surface area contributed by atoms with Crippen LogP contribution in [-0.4, -0.2) is 20.2 Å². The lowest BCUT2D eigenvalue weighted by molar-refractivity contribution is 0.795. The largest absolute Gasteiger partial charge is 0.0814 e. The lowest BCUT2D eigenvalue weighted by Crippen LogP contribution is -2.06. The van der Waals surface area contributed by atoms with Gasteiger partial charge >= 0.3 is 0 Å². The maximum absolute atomic E-state index is 3.56. The Balaban J connectivity index is 0. The van der Waals surface area contributed by atoms with Gasteiger partial charge in [-0.1, -0.05) is 36.3 Å². The zero-order valence-corrected chi connectivity index (χ0v) is 7.81. The highest BCUT2D eigenvalue weighted by molar-refractivity contribution is 9.39. The molecule has 0 aromatic rings. The van der Waals surface area contributed by atoms with Crippen LogP contribution in [0, 0.1) is 0 Å². The second kappa shape index (κ2) is 3.90. The minimum atomic E-state index is 0. The van der Waals surface area contributed by atoms with Crippen LogP contribution in [0.1, 0.15) is 20.8 Å². The third-order valence-electron chi connectivity index (χ3n) is 0.924. The minimum Gasteiger partial charge on any atom is -0.0602 e. The average Bonchev–Trinajstić information content (AvgIpc) is 1.31. The first-order chi connectivity index (χ1) is 2.94. The maximum Gasteiger partial charge on any atom is 0.0814 e. The van der Waals surface area contributed by atoms with Gasteiger partial charge in [-0.05, 0) is 18.4 Å². The third-order valence-corrected chi connectivity index (χ3v) is 5.96. The molecular weight excluding hydrogens is 182 g/mol. The summed E-state index contributed by atoms with van der Waals surface area (Å²) in [7, 11) is 0. The monoisotopic (exact) mass is 196 g/mol. The fraction of sp³-hybridized carbons (Fsp3) is 1.00. The van der Waals surface area contributed by atoms with Gasteiger partial charge < -0.3 is 0 Å². The van der Waals surface area contributed by atoms with Crippen LogP contribution in [0.25, 0.3) is 0 Å². The Kier molecular flexibility index (Phi) is 5.72. The Hall–Kier alpha value is 0.975. The van der Waals surface area contributed by atoms with Gasteiger partial charge in [0.25, 0.3) is 0 Å². The van der Waals surface area contributed by atoms with Crippen molar-refractivity contribution >= 4 is 30.5 Å². The first kappa shape index (κ1) is 11.7. The fourth-order valence-electron chi connectivity index (χ4n) is 0. The molecule has 0 amide bonds. The van der Waals surface area contributed by atoms with Crippen molar-refractivity contribution in [2.24, 2.45) is 0 Å². The molecule has 0 aliphatic heterocycles. The maximum atomic E-state index is 3.56. The van der Waals surface area contributed by atoms with Crippen molar-refractivity contribution in [3.8, 4) is 0 Å². The first-order valence-corrected chi connectivity index (χ1v) is 6.15. The molecule has 1 atom stereocenters. The lowest BCUT2D eigenvalue weighted by Gasteiger charge is -2.20. The molecule has 0 rings (SSSR count). The van der Waals surface area contributed by atoms with Gasteiger partial charge in [0.1, 0.15) is 0 Å². The summed E-state index contributed by atoms with van der Waals surface area (Å²) in [6.07, 6.45) is 0. The van der Waals surface area contributed by atoms with E-state index in [1.54, 1.807) is 0 Å². The zero-order valence-electron chi connectivity index (χ0n) is 5.33. The smallest absolute Gasteiger partial charge is 0.0602 e. The van der Waals surface area contributed by atoms with Gasteiger partial charge in [-0.25, -0.2) is 0 Å². The Morgan fingerprint density at radius 2 is 1.38 bits per heavy atom. The molecule has 0 saturated carbocycles. The van der Waals surface area contributed by atoms with E-state index in [1.807, 2.05) is 0 Å². The highest BCUT2D eigenvalue weighted by atomic mass is 79.9. The van der Waals surface area contributed by atoms with Crippen molar-refractivity contribution in [2.75, 3.05) is 6.66 Å². The topological polar surface area (TPSA) is 0 Å². The first-order valence-electron chi connectivity index (χ1n) is 2.34. The molecule has 1 unspecified atom stereocenters. The summed E-state index contributed by atoms with van der Waals surface area (Å²) in [6, 6.07) is 0. The van der Waals surface area contributed by atoms with Crippen LogP contribution in [0.5, 0.6) is 0 Å². The number of hydrogen-bond acceptors (Lipinski definition) is 0. The molecule has 0 heterocycles. The molecular formula is C5H15BBrP. The predicted octanol–water partition coefficient (Wildman–Crippen LogP) is 2.02. The highest BCUT2D eigenvalue weighted by Crippen LogP contribution is 2.52. The molecule has 8 heavy (non-hydrogen) atoms. The molecule has 0 aliphatic carbocycles. The van der Waals surface area contributed by atoms with E-state index in [2.05, 4.69) is 42.9 Å². The van der Waals surface area contributed by atoms with Gasteiger partial charge in [0.05, 0.1) is 8.41 Å². The van der Waals surface area contributed by atoms with E-state index in [4.69, 9.17) is 0 Å². The van der Waals surface area contributed by atoms with Gasteiger partial charge in [-0.15, -0.1) is 0 Å². The molecule has 50 valence electrons. The Morgan fingerprint density at radius 3 is 1.38 bits per heavy atom. The molecule has 0 aliphatic rings. The summed E-state index contributed by atoms with van der Waals surface area (Å²) in [5.41, 5.74) is 0. The van der Waals surface area contributed by atoms with Gasteiger partial charge in [-0.3, -0.25) is 0 Å². The van der Waals surface area contributed by atoms with Gasteiger partial charge in [0, 0.05) is 0 Å². The van der Waals surface area contributed by atoms with E-state index >= 15 is 0 Å². The quantitative estimate of drug-likeness (QED) is 0.411. The van der Waals surface area contributed by atoms with E-state index in [1.165, 1.54) is 0 Å². The van der Waals surface area contributed by atoms with Crippen LogP contribution in [-0.2, 0) is 0 Å². The number of hydrogen-bond donors (Lipinski definition) is 0. The van der Waals surface area contributed by atoms with Crippen LogP contribution in [0.2, 0.25) is 0 Å². The van der Waals surface area contributed by atoms with Crippen molar-refractivity contribution in [1.29, 1.82) is 0 Å². The van der Waals surface area contributed by atoms with Gasteiger partial charge in [0.2, 0.25) is 0 Å². The second-order valence-electron chi connectivity index (χ2n) is 2.65. The van der Waals surface area contributed by atoms with Gasteiger partial charge in [0.15, 0.2) is 0 Å². The molecule has 0 N–H and O–H groups in total. The van der Waals surface area contributed by atoms with Gasteiger partial charge in [-0.2, -0.15) is 0 Å². The summed E-state index contributed by atoms with van der Waals surface area (Å²) < 4.78 is 0. The zero-order chi connectivity index (χ0) is 6.08. The Labute approximate surface area is 63.5 Å². The normalized spacial score (nSPS) is 14.6. The van der Waals surface area contributed by atoms with Crippen molar-refractivity contribution in [2.45, 2.75) is 25.9 Å². The molecule has 0 fully saturated rings. The SMILES string of the molecule is B.CP(Br)C(C)(C)C. The van der Waals surface area contributed by atoms with E-state index in [0.29, 0.717) is 5.16 Å². The summed E-state index contributed by atoms with van der Waals surface area (Å²) >= 11 is 3.56.